The summed E-state index contributed by atoms with van der Waals surface area (Å²) in [5.41, 5.74) is 1.79. The summed E-state index contributed by atoms with van der Waals surface area (Å²) in [5.74, 6) is 1.87. The average Bonchev–Trinajstić information content (AvgIpc) is 2.67. The van der Waals surface area contributed by atoms with Gasteiger partial charge in [-0.25, -0.2) is 4.79 Å². The van der Waals surface area contributed by atoms with Gasteiger partial charge in [-0.1, -0.05) is 50.2 Å². The molecule has 0 saturated heterocycles. The minimum Gasteiger partial charge on any atom is -0.493 e. The lowest BCUT2D eigenvalue weighted by molar-refractivity contribution is 0.0498. The summed E-state index contributed by atoms with van der Waals surface area (Å²) in [5, 5.41) is 3.03. The summed E-state index contributed by atoms with van der Waals surface area (Å²) in [6.45, 7) is 10.5. The normalized spacial score (nSPS) is 12.4. The maximum Gasteiger partial charge on any atom is 0.407 e. The van der Waals surface area contributed by atoms with E-state index in [1.807, 2.05) is 57.2 Å². The molecule has 1 amide bonds. The summed E-state index contributed by atoms with van der Waals surface area (Å²) < 4.78 is 17.0. The maximum atomic E-state index is 12.3. The molecule has 0 aliphatic rings. The Labute approximate surface area is 187 Å². The number of carbonyl (C=O) groups is 1. The Kier molecular flexibility index (Phi) is 9.22. The molecule has 0 spiro atoms. The van der Waals surface area contributed by atoms with E-state index in [0.717, 1.165) is 24.2 Å². The molecule has 0 fully saturated rings. The van der Waals surface area contributed by atoms with Crippen molar-refractivity contribution in [3.05, 3.63) is 59.7 Å². The predicted octanol–water partition coefficient (Wildman–Crippen LogP) is 5.80. The number of methoxy groups -OCH3 is 1. The first kappa shape index (κ1) is 24.6. The fourth-order valence-corrected chi connectivity index (χ4v) is 3.41. The van der Waals surface area contributed by atoms with Gasteiger partial charge in [-0.2, -0.15) is 0 Å². The lowest BCUT2D eigenvalue weighted by Gasteiger charge is -2.25. The Balaban J connectivity index is 2.06. The van der Waals surface area contributed by atoms with Crippen molar-refractivity contribution in [1.82, 2.24) is 5.32 Å². The number of hydrogen-bond acceptors (Lipinski definition) is 4. The molecular weight excluding hydrogens is 390 g/mol. The van der Waals surface area contributed by atoms with Crippen molar-refractivity contribution in [2.45, 2.75) is 65.5 Å². The highest BCUT2D eigenvalue weighted by atomic mass is 16.6. The number of amides is 1. The highest BCUT2D eigenvalue weighted by molar-refractivity contribution is 5.68. The number of nitrogens with one attached hydrogen (secondary N) is 1. The molecule has 0 radical (unpaired) electrons. The molecule has 2 aromatic carbocycles. The lowest BCUT2D eigenvalue weighted by atomic mass is 9.97. The number of ether oxygens (including phenoxy) is 3. The zero-order chi connectivity index (χ0) is 22.9. The Hall–Kier alpha value is -2.69. The second-order valence-electron chi connectivity index (χ2n) is 9.25. The van der Waals surface area contributed by atoms with Gasteiger partial charge in [-0.15, -0.1) is 0 Å². The van der Waals surface area contributed by atoms with Gasteiger partial charge in [0.15, 0.2) is 11.5 Å². The number of alkyl carbamates (subject to hydrolysis) is 1. The first-order valence-electron chi connectivity index (χ1n) is 11.0. The molecule has 31 heavy (non-hydrogen) atoms. The molecule has 1 atom stereocenters. The van der Waals surface area contributed by atoms with Crippen molar-refractivity contribution in [2.24, 2.45) is 5.92 Å². The molecule has 0 bridgehead atoms. The monoisotopic (exact) mass is 427 g/mol. The van der Waals surface area contributed by atoms with E-state index in [1.165, 1.54) is 5.56 Å². The van der Waals surface area contributed by atoms with Crippen LogP contribution in [0.5, 0.6) is 11.5 Å². The van der Waals surface area contributed by atoms with Crippen molar-refractivity contribution in [3.63, 3.8) is 0 Å². The summed E-state index contributed by atoms with van der Waals surface area (Å²) in [6, 6.07) is 16.2. The van der Waals surface area contributed by atoms with Crippen LogP contribution in [0.25, 0.3) is 0 Å². The quantitative estimate of drug-likeness (QED) is 0.521. The molecule has 1 N–H and O–H groups in total. The van der Waals surface area contributed by atoms with Crippen LogP contribution in [0.1, 0.15) is 52.2 Å². The Morgan fingerprint density at radius 2 is 1.71 bits per heavy atom. The molecule has 0 saturated carbocycles. The van der Waals surface area contributed by atoms with Crippen molar-refractivity contribution in [3.8, 4) is 11.5 Å². The summed E-state index contributed by atoms with van der Waals surface area (Å²) in [6.07, 6.45) is 1.99. The molecule has 0 aliphatic carbocycles. The SMILES string of the molecule is COc1ccc(CC(CC(C)C)NC(=O)OC(C)(C)C)cc1OCCc1ccccc1. The molecular formula is C26H37NO4. The van der Waals surface area contributed by atoms with E-state index in [4.69, 9.17) is 14.2 Å². The van der Waals surface area contributed by atoms with Crippen LogP contribution >= 0.6 is 0 Å². The van der Waals surface area contributed by atoms with Gasteiger partial charge < -0.3 is 19.5 Å². The first-order valence-corrected chi connectivity index (χ1v) is 11.0. The van der Waals surface area contributed by atoms with E-state index in [9.17, 15) is 4.79 Å². The highest BCUT2D eigenvalue weighted by Crippen LogP contribution is 2.29. The molecule has 170 valence electrons. The van der Waals surface area contributed by atoms with Gasteiger partial charge in [-0.05, 0) is 62.8 Å². The molecule has 5 nitrogen and oxygen atoms in total. The fraction of sp³-hybridized carbons (Fsp3) is 0.500. The molecule has 0 heterocycles. The lowest BCUT2D eigenvalue weighted by Crippen LogP contribution is -2.40. The van der Waals surface area contributed by atoms with Crippen molar-refractivity contribution < 1.29 is 19.0 Å². The van der Waals surface area contributed by atoms with Crippen LogP contribution in [0.3, 0.4) is 0 Å². The Bertz CT molecular complexity index is 812. The van der Waals surface area contributed by atoms with Gasteiger partial charge in [0.05, 0.1) is 13.7 Å². The number of benzene rings is 2. The Morgan fingerprint density at radius 3 is 2.32 bits per heavy atom. The van der Waals surface area contributed by atoms with E-state index in [1.54, 1.807) is 7.11 Å². The molecule has 2 aromatic rings. The Morgan fingerprint density at radius 1 is 1.00 bits per heavy atom. The summed E-state index contributed by atoms with van der Waals surface area (Å²) in [4.78, 5) is 12.3. The second kappa shape index (κ2) is 11.6. The predicted molar refractivity (Wildman–Crippen MR) is 125 cm³/mol. The van der Waals surface area contributed by atoms with Crippen LogP contribution < -0.4 is 14.8 Å². The average molecular weight is 428 g/mol. The van der Waals surface area contributed by atoms with Gasteiger partial charge in [0.25, 0.3) is 0 Å². The van der Waals surface area contributed by atoms with Gasteiger partial charge in [0, 0.05) is 12.5 Å². The standard InChI is InChI=1S/C26H37NO4/c1-19(2)16-22(27-25(28)31-26(3,4)5)17-21-12-13-23(29-6)24(18-21)30-15-14-20-10-8-7-9-11-20/h7-13,18-19,22H,14-17H2,1-6H3,(H,27,28). The van der Waals surface area contributed by atoms with Crippen LogP contribution in [-0.2, 0) is 17.6 Å². The van der Waals surface area contributed by atoms with E-state index in [-0.39, 0.29) is 12.1 Å². The van der Waals surface area contributed by atoms with Crippen molar-refractivity contribution in [2.75, 3.05) is 13.7 Å². The number of carbonyl (C=O) groups excluding carboxylic acids is 1. The van der Waals surface area contributed by atoms with Crippen LogP contribution in [0.15, 0.2) is 48.5 Å². The zero-order valence-electron chi connectivity index (χ0n) is 19.7. The smallest absolute Gasteiger partial charge is 0.407 e. The van der Waals surface area contributed by atoms with Crippen LogP contribution in [0.4, 0.5) is 4.79 Å². The van der Waals surface area contributed by atoms with Gasteiger partial charge in [0.1, 0.15) is 5.60 Å². The van der Waals surface area contributed by atoms with E-state index in [0.29, 0.717) is 24.7 Å². The first-order chi connectivity index (χ1) is 14.7. The van der Waals surface area contributed by atoms with Crippen LogP contribution in [0.2, 0.25) is 0 Å². The molecule has 0 aromatic heterocycles. The summed E-state index contributed by atoms with van der Waals surface area (Å²) in [7, 11) is 1.64. The topological polar surface area (TPSA) is 56.8 Å². The minimum atomic E-state index is -0.521. The van der Waals surface area contributed by atoms with Crippen molar-refractivity contribution in [1.29, 1.82) is 0 Å². The molecule has 2 rings (SSSR count). The van der Waals surface area contributed by atoms with Crippen LogP contribution in [0, 0.1) is 5.92 Å². The largest absolute Gasteiger partial charge is 0.493 e. The highest BCUT2D eigenvalue weighted by Gasteiger charge is 2.21. The van der Waals surface area contributed by atoms with Gasteiger partial charge >= 0.3 is 6.09 Å². The second-order valence-corrected chi connectivity index (χ2v) is 9.25. The third-order valence-electron chi connectivity index (χ3n) is 4.68. The van der Waals surface area contributed by atoms with E-state index >= 15 is 0 Å². The third-order valence-corrected chi connectivity index (χ3v) is 4.68. The number of rotatable bonds is 10. The molecule has 1 unspecified atom stereocenters. The number of hydrogen-bond donors (Lipinski definition) is 1. The van der Waals surface area contributed by atoms with Crippen molar-refractivity contribution >= 4 is 6.09 Å². The maximum absolute atomic E-state index is 12.3. The molecule has 5 heteroatoms. The molecule has 0 aliphatic heterocycles. The minimum absolute atomic E-state index is 0.0274. The third kappa shape index (κ3) is 9.33. The fourth-order valence-electron chi connectivity index (χ4n) is 3.41. The van der Waals surface area contributed by atoms with E-state index < -0.39 is 5.60 Å². The van der Waals surface area contributed by atoms with Crippen LogP contribution in [-0.4, -0.2) is 31.5 Å². The van der Waals surface area contributed by atoms with Gasteiger partial charge in [-0.3, -0.25) is 0 Å². The zero-order valence-corrected chi connectivity index (χ0v) is 19.7. The van der Waals surface area contributed by atoms with Gasteiger partial charge in [0.2, 0.25) is 0 Å². The summed E-state index contributed by atoms with van der Waals surface area (Å²) >= 11 is 0. The van der Waals surface area contributed by atoms with E-state index in [2.05, 4.69) is 31.3 Å².